The largest absolute Gasteiger partial charge is 0.380 e. The normalized spacial score (nSPS) is 13.2. The molecule has 0 bridgehead atoms. The summed E-state index contributed by atoms with van der Waals surface area (Å²) < 4.78 is 5.09. The van der Waals surface area contributed by atoms with Crippen molar-refractivity contribution < 1.29 is 4.74 Å². The van der Waals surface area contributed by atoms with Crippen LogP contribution < -0.4 is 5.73 Å². The van der Waals surface area contributed by atoms with Gasteiger partial charge in [0.25, 0.3) is 0 Å². The molecule has 0 saturated carbocycles. The van der Waals surface area contributed by atoms with Gasteiger partial charge in [0.1, 0.15) is 5.82 Å². The molecule has 1 unspecified atom stereocenters. The van der Waals surface area contributed by atoms with E-state index in [0.717, 1.165) is 11.6 Å². The standard InChI is InChI=1S/C7H14N4O/c1-5-9-7(11-10-5)3-6(4-8)12-2/h6H,3-4,8H2,1-2H3,(H,9,10,11). The van der Waals surface area contributed by atoms with E-state index in [-0.39, 0.29) is 6.10 Å². The molecule has 1 heterocycles. The van der Waals surface area contributed by atoms with E-state index < -0.39 is 0 Å². The van der Waals surface area contributed by atoms with Crippen LogP contribution >= 0.6 is 0 Å². The number of methoxy groups -OCH3 is 1. The molecule has 0 radical (unpaired) electrons. The minimum absolute atomic E-state index is 0.0141. The van der Waals surface area contributed by atoms with E-state index in [2.05, 4.69) is 15.2 Å². The van der Waals surface area contributed by atoms with E-state index in [9.17, 15) is 0 Å². The fourth-order valence-electron chi connectivity index (χ4n) is 0.947. The minimum atomic E-state index is 0.0141. The fourth-order valence-corrected chi connectivity index (χ4v) is 0.947. The van der Waals surface area contributed by atoms with Crippen LogP contribution in [0.1, 0.15) is 11.6 Å². The molecule has 68 valence electrons. The van der Waals surface area contributed by atoms with E-state index in [1.165, 1.54) is 0 Å². The van der Waals surface area contributed by atoms with Crippen molar-refractivity contribution in [2.75, 3.05) is 13.7 Å². The van der Waals surface area contributed by atoms with Gasteiger partial charge in [0.05, 0.1) is 6.10 Å². The summed E-state index contributed by atoms with van der Waals surface area (Å²) in [6.45, 7) is 2.35. The van der Waals surface area contributed by atoms with Crippen LogP contribution in [0.25, 0.3) is 0 Å². The summed E-state index contributed by atoms with van der Waals surface area (Å²) >= 11 is 0. The van der Waals surface area contributed by atoms with Crippen molar-refractivity contribution >= 4 is 0 Å². The first-order chi connectivity index (χ1) is 5.76. The summed E-state index contributed by atoms with van der Waals surface area (Å²) in [5, 5.41) is 6.74. The van der Waals surface area contributed by atoms with Gasteiger partial charge in [-0.3, -0.25) is 5.10 Å². The number of aryl methyl sites for hydroxylation is 1. The van der Waals surface area contributed by atoms with Crippen molar-refractivity contribution in [3.05, 3.63) is 11.6 Å². The fraction of sp³-hybridized carbons (Fsp3) is 0.714. The highest BCUT2D eigenvalue weighted by molar-refractivity contribution is 4.90. The lowest BCUT2D eigenvalue weighted by Gasteiger charge is -2.09. The van der Waals surface area contributed by atoms with Crippen LogP contribution in [-0.4, -0.2) is 34.9 Å². The number of nitrogens with one attached hydrogen (secondary N) is 1. The minimum Gasteiger partial charge on any atom is -0.380 e. The van der Waals surface area contributed by atoms with Crippen LogP contribution in [0.2, 0.25) is 0 Å². The topological polar surface area (TPSA) is 76.8 Å². The summed E-state index contributed by atoms with van der Waals surface area (Å²) in [4.78, 5) is 4.14. The van der Waals surface area contributed by atoms with Crippen LogP contribution in [0.4, 0.5) is 0 Å². The number of nitrogens with two attached hydrogens (primary N) is 1. The zero-order chi connectivity index (χ0) is 8.97. The molecular weight excluding hydrogens is 156 g/mol. The molecule has 0 spiro atoms. The number of aromatic amines is 1. The van der Waals surface area contributed by atoms with Crippen LogP contribution in [0.3, 0.4) is 0 Å². The van der Waals surface area contributed by atoms with Crippen LogP contribution in [-0.2, 0) is 11.2 Å². The lowest BCUT2D eigenvalue weighted by atomic mass is 10.2. The lowest BCUT2D eigenvalue weighted by molar-refractivity contribution is 0.108. The molecule has 0 amide bonds. The van der Waals surface area contributed by atoms with Crippen LogP contribution in [0, 0.1) is 6.92 Å². The highest BCUT2D eigenvalue weighted by atomic mass is 16.5. The predicted octanol–water partition coefficient (Wildman–Crippen LogP) is -0.371. The second-order valence-electron chi connectivity index (χ2n) is 2.63. The second-order valence-corrected chi connectivity index (χ2v) is 2.63. The van der Waals surface area contributed by atoms with Gasteiger partial charge in [0.2, 0.25) is 0 Å². The molecule has 1 aromatic heterocycles. The molecule has 5 nitrogen and oxygen atoms in total. The Morgan fingerprint density at radius 1 is 1.67 bits per heavy atom. The molecule has 0 aromatic carbocycles. The summed E-state index contributed by atoms with van der Waals surface area (Å²) in [5.74, 6) is 1.57. The molecule has 0 aliphatic rings. The van der Waals surface area contributed by atoms with Crippen molar-refractivity contribution in [1.82, 2.24) is 15.2 Å². The van der Waals surface area contributed by atoms with Crippen molar-refractivity contribution in [3.8, 4) is 0 Å². The van der Waals surface area contributed by atoms with Crippen LogP contribution in [0.15, 0.2) is 0 Å². The van der Waals surface area contributed by atoms with Gasteiger partial charge >= 0.3 is 0 Å². The number of hydrogen-bond acceptors (Lipinski definition) is 4. The van der Waals surface area contributed by atoms with E-state index in [0.29, 0.717) is 13.0 Å². The highest BCUT2D eigenvalue weighted by Gasteiger charge is 2.08. The third-order valence-electron chi connectivity index (χ3n) is 1.65. The summed E-state index contributed by atoms with van der Waals surface area (Å²) in [6, 6.07) is 0. The summed E-state index contributed by atoms with van der Waals surface area (Å²) in [7, 11) is 1.64. The molecule has 1 aromatic rings. The van der Waals surface area contributed by atoms with Gasteiger partial charge in [-0.25, -0.2) is 4.98 Å². The van der Waals surface area contributed by atoms with Gasteiger partial charge in [-0.2, -0.15) is 5.10 Å². The van der Waals surface area contributed by atoms with E-state index in [4.69, 9.17) is 10.5 Å². The molecule has 3 N–H and O–H groups in total. The van der Waals surface area contributed by atoms with Gasteiger partial charge in [-0.1, -0.05) is 0 Å². The summed E-state index contributed by atoms with van der Waals surface area (Å²) in [6.07, 6.45) is 0.678. The molecule has 1 atom stereocenters. The zero-order valence-electron chi connectivity index (χ0n) is 7.37. The van der Waals surface area contributed by atoms with Gasteiger partial charge < -0.3 is 10.5 Å². The highest BCUT2D eigenvalue weighted by Crippen LogP contribution is 1.98. The molecule has 5 heteroatoms. The molecule has 0 saturated heterocycles. The Morgan fingerprint density at radius 2 is 2.42 bits per heavy atom. The van der Waals surface area contributed by atoms with Gasteiger partial charge in [0.15, 0.2) is 5.82 Å². The Hall–Kier alpha value is -0.940. The average molecular weight is 170 g/mol. The third-order valence-corrected chi connectivity index (χ3v) is 1.65. The van der Waals surface area contributed by atoms with Crippen molar-refractivity contribution in [2.24, 2.45) is 5.73 Å². The molecule has 0 aliphatic heterocycles. The SMILES string of the molecule is COC(CN)Cc1n[nH]c(C)n1. The Bertz CT molecular complexity index is 231. The molecular formula is C7H14N4O. The number of rotatable bonds is 4. The molecule has 1 rings (SSSR count). The average Bonchev–Trinajstić information content (AvgIpc) is 2.47. The lowest BCUT2D eigenvalue weighted by Crippen LogP contribution is -2.25. The summed E-state index contributed by atoms with van der Waals surface area (Å²) in [5.41, 5.74) is 5.45. The Kier molecular flexibility index (Phi) is 3.19. The maximum atomic E-state index is 5.45. The number of H-pyrrole nitrogens is 1. The first-order valence-electron chi connectivity index (χ1n) is 3.87. The van der Waals surface area contributed by atoms with E-state index in [1.807, 2.05) is 6.92 Å². The predicted molar refractivity (Wildman–Crippen MR) is 44.7 cm³/mol. The maximum absolute atomic E-state index is 5.45. The monoisotopic (exact) mass is 170 g/mol. The molecule has 0 fully saturated rings. The van der Waals surface area contributed by atoms with Gasteiger partial charge in [-0.15, -0.1) is 0 Å². The van der Waals surface area contributed by atoms with Crippen molar-refractivity contribution in [2.45, 2.75) is 19.4 Å². The number of nitrogens with zero attached hydrogens (tertiary/aromatic N) is 2. The third kappa shape index (κ3) is 2.28. The maximum Gasteiger partial charge on any atom is 0.153 e. The smallest absolute Gasteiger partial charge is 0.153 e. The van der Waals surface area contributed by atoms with Crippen molar-refractivity contribution in [1.29, 1.82) is 0 Å². The number of ether oxygens (including phenoxy) is 1. The van der Waals surface area contributed by atoms with Crippen LogP contribution in [0.5, 0.6) is 0 Å². The number of hydrogen-bond donors (Lipinski definition) is 2. The van der Waals surface area contributed by atoms with Gasteiger partial charge in [0, 0.05) is 20.1 Å². The Morgan fingerprint density at radius 3 is 2.83 bits per heavy atom. The Balaban J connectivity index is 2.50. The number of aromatic nitrogens is 3. The van der Waals surface area contributed by atoms with E-state index >= 15 is 0 Å². The van der Waals surface area contributed by atoms with Gasteiger partial charge in [-0.05, 0) is 6.92 Å². The zero-order valence-corrected chi connectivity index (χ0v) is 7.37. The first kappa shape index (κ1) is 9.15. The molecule has 0 aliphatic carbocycles. The van der Waals surface area contributed by atoms with Crippen molar-refractivity contribution in [3.63, 3.8) is 0 Å². The molecule has 12 heavy (non-hydrogen) atoms. The quantitative estimate of drug-likeness (QED) is 0.646. The first-order valence-corrected chi connectivity index (χ1v) is 3.87. The van der Waals surface area contributed by atoms with E-state index in [1.54, 1.807) is 7.11 Å². The Labute approximate surface area is 71.3 Å². The second kappa shape index (κ2) is 4.18.